The largest absolute Gasteiger partial charge is 0.465 e. The normalized spacial score (nSPS) is 21.8. The molecule has 1 aliphatic heterocycles. The third kappa shape index (κ3) is 6.76. The molecule has 1 aliphatic rings. The SMILES string of the molecule is CCCNC(C)(CCOCC1CCCCO1)C(=O)OCC. The zero-order chi connectivity index (χ0) is 15.6. The number of hydrogen-bond donors (Lipinski definition) is 1. The number of hydrogen-bond acceptors (Lipinski definition) is 5. The lowest BCUT2D eigenvalue weighted by molar-refractivity contribution is -0.151. The zero-order valence-corrected chi connectivity index (χ0v) is 13.8. The zero-order valence-electron chi connectivity index (χ0n) is 13.8. The van der Waals surface area contributed by atoms with Gasteiger partial charge in [0.15, 0.2) is 0 Å². The van der Waals surface area contributed by atoms with E-state index in [0.29, 0.717) is 26.2 Å². The van der Waals surface area contributed by atoms with Crippen molar-refractivity contribution in [1.29, 1.82) is 0 Å². The molecule has 0 aromatic rings. The number of carbonyl (C=O) groups excluding carboxylic acids is 1. The van der Waals surface area contributed by atoms with Gasteiger partial charge in [-0.15, -0.1) is 0 Å². The van der Waals surface area contributed by atoms with Gasteiger partial charge in [-0.1, -0.05) is 6.92 Å². The minimum Gasteiger partial charge on any atom is -0.465 e. The predicted octanol–water partition coefficient (Wildman–Crippen LogP) is 2.28. The van der Waals surface area contributed by atoms with Crippen molar-refractivity contribution in [1.82, 2.24) is 5.32 Å². The second-order valence-electron chi connectivity index (χ2n) is 5.79. The van der Waals surface area contributed by atoms with Crippen LogP contribution in [-0.4, -0.2) is 50.6 Å². The Morgan fingerprint density at radius 2 is 2.19 bits per heavy atom. The molecule has 1 fully saturated rings. The molecule has 0 spiro atoms. The first-order valence-corrected chi connectivity index (χ1v) is 8.24. The summed E-state index contributed by atoms with van der Waals surface area (Å²) < 4.78 is 16.5. The number of carbonyl (C=O) groups is 1. The monoisotopic (exact) mass is 301 g/mol. The number of ether oxygens (including phenoxy) is 3. The van der Waals surface area contributed by atoms with E-state index < -0.39 is 5.54 Å². The van der Waals surface area contributed by atoms with Crippen LogP contribution in [-0.2, 0) is 19.0 Å². The third-order valence-corrected chi connectivity index (χ3v) is 3.82. The van der Waals surface area contributed by atoms with Crippen LogP contribution in [0.15, 0.2) is 0 Å². The van der Waals surface area contributed by atoms with Crippen molar-refractivity contribution in [3.8, 4) is 0 Å². The molecular weight excluding hydrogens is 270 g/mol. The van der Waals surface area contributed by atoms with Gasteiger partial charge in [0.2, 0.25) is 0 Å². The minimum absolute atomic E-state index is 0.198. The van der Waals surface area contributed by atoms with Gasteiger partial charge in [0, 0.05) is 13.2 Å². The number of rotatable bonds is 10. The number of nitrogens with one attached hydrogen (secondary N) is 1. The van der Waals surface area contributed by atoms with Crippen molar-refractivity contribution in [3.05, 3.63) is 0 Å². The van der Waals surface area contributed by atoms with Crippen molar-refractivity contribution < 1.29 is 19.0 Å². The molecule has 124 valence electrons. The average molecular weight is 301 g/mol. The lowest BCUT2D eigenvalue weighted by atomic mass is 9.98. The predicted molar refractivity (Wildman–Crippen MR) is 82.4 cm³/mol. The Morgan fingerprint density at radius 3 is 2.81 bits per heavy atom. The fourth-order valence-electron chi connectivity index (χ4n) is 2.38. The first-order chi connectivity index (χ1) is 10.1. The quantitative estimate of drug-likeness (QED) is 0.495. The van der Waals surface area contributed by atoms with E-state index in [1.165, 1.54) is 6.42 Å². The first kappa shape index (κ1) is 18.4. The molecule has 0 aromatic heterocycles. The van der Waals surface area contributed by atoms with Crippen molar-refractivity contribution in [3.63, 3.8) is 0 Å². The van der Waals surface area contributed by atoms with E-state index in [2.05, 4.69) is 12.2 Å². The van der Waals surface area contributed by atoms with Gasteiger partial charge in [0.05, 0.1) is 19.3 Å². The Kier molecular flexibility index (Phi) is 8.88. The van der Waals surface area contributed by atoms with E-state index in [-0.39, 0.29) is 12.1 Å². The molecule has 1 rings (SSSR count). The Morgan fingerprint density at radius 1 is 1.38 bits per heavy atom. The molecule has 1 saturated heterocycles. The van der Waals surface area contributed by atoms with Crippen LogP contribution < -0.4 is 5.32 Å². The lowest BCUT2D eigenvalue weighted by Gasteiger charge is -2.29. The molecule has 0 aliphatic carbocycles. The highest BCUT2D eigenvalue weighted by atomic mass is 16.5. The second-order valence-corrected chi connectivity index (χ2v) is 5.79. The van der Waals surface area contributed by atoms with Crippen molar-refractivity contribution >= 4 is 5.97 Å². The maximum atomic E-state index is 12.1. The van der Waals surface area contributed by atoms with Crippen LogP contribution in [0.1, 0.15) is 52.9 Å². The maximum absolute atomic E-state index is 12.1. The summed E-state index contributed by atoms with van der Waals surface area (Å²) >= 11 is 0. The summed E-state index contributed by atoms with van der Waals surface area (Å²) in [6.45, 7) is 8.98. The summed E-state index contributed by atoms with van der Waals surface area (Å²) in [5.41, 5.74) is -0.667. The van der Waals surface area contributed by atoms with Crippen molar-refractivity contribution in [2.45, 2.75) is 64.5 Å². The van der Waals surface area contributed by atoms with E-state index in [0.717, 1.165) is 32.4 Å². The fraction of sp³-hybridized carbons (Fsp3) is 0.938. The van der Waals surface area contributed by atoms with Gasteiger partial charge in [-0.05, 0) is 52.5 Å². The molecule has 2 atom stereocenters. The molecule has 0 saturated carbocycles. The second kappa shape index (κ2) is 10.1. The third-order valence-electron chi connectivity index (χ3n) is 3.82. The van der Waals surface area contributed by atoms with Gasteiger partial charge in [-0.2, -0.15) is 0 Å². The molecule has 0 bridgehead atoms. The van der Waals surface area contributed by atoms with E-state index in [1.807, 2.05) is 13.8 Å². The van der Waals surface area contributed by atoms with Crippen LogP contribution in [0, 0.1) is 0 Å². The topological polar surface area (TPSA) is 56.8 Å². The van der Waals surface area contributed by atoms with Crippen LogP contribution in [0.3, 0.4) is 0 Å². The molecule has 0 amide bonds. The van der Waals surface area contributed by atoms with Crippen LogP contribution in [0.2, 0.25) is 0 Å². The van der Waals surface area contributed by atoms with Crippen LogP contribution in [0.4, 0.5) is 0 Å². The van der Waals surface area contributed by atoms with E-state index >= 15 is 0 Å². The highest BCUT2D eigenvalue weighted by Gasteiger charge is 2.33. The molecule has 5 heteroatoms. The van der Waals surface area contributed by atoms with Gasteiger partial charge in [0.25, 0.3) is 0 Å². The first-order valence-electron chi connectivity index (χ1n) is 8.24. The lowest BCUT2D eigenvalue weighted by Crippen LogP contribution is -2.51. The van der Waals surface area contributed by atoms with Crippen LogP contribution >= 0.6 is 0 Å². The van der Waals surface area contributed by atoms with E-state index in [1.54, 1.807) is 0 Å². The molecule has 0 radical (unpaired) electrons. The Hall–Kier alpha value is -0.650. The van der Waals surface area contributed by atoms with Gasteiger partial charge in [0.1, 0.15) is 5.54 Å². The highest BCUT2D eigenvalue weighted by Crippen LogP contribution is 2.15. The average Bonchev–Trinajstić information content (AvgIpc) is 2.51. The number of esters is 1. The molecule has 21 heavy (non-hydrogen) atoms. The van der Waals surface area contributed by atoms with E-state index in [9.17, 15) is 4.79 Å². The summed E-state index contributed by atoms with van der Waals surface area (Å²) in [6, 6.07) is 0. The summed E-state index contributed by atoms with van der Waals surface area (Å²) in [5, 5.41) is 3.28. The van der Waals surface area contributed by atoms with E-state index in [4.69, 9.17) is 14.2 Å². The van der Waals surface area contributed by atoms with Gasteiger partial charge >= 0.3 is 5.97 Å². The van der Waals surface area contributed by atoms with Crippen molar-refractivity contribution in [2.24, 2.45) is 0 Å². The molecule has 0 aromatic carbocycles. The standard InChI is InChI=1S/C16H31NO4/c1-4-10-17-16(3,15(18)20-5-2)9-12-19-13-14-8-6-7-11-21-14/h14,17H,4-13H2,1-3H3. The Bertz CT molecular complexity index is 292. The minimum atomic E-state index is -0.667. The summed E-state index contributed by atoms with van der Waals surface area (Å²) in [5.74, 6) is -0.198. The maximum Gasteiger partial charge on any atom is 0.326 e. The Balaban J connectivity index is 2.32. The summed E-state index contributed by atoms with van der Waals surface area (Å²) in [7, 11) is 0. The Labute approximate surface area is 128 Å². The molecule has 1 N–H and O–H groups in total. The van der Waals surface area contributed by atoms with Crippen LogP contribution in [0.5, 0.6) is 0 Å². The highest BCUT2D eigenvalue weighted by molar-refractivity contribution is 5.80. The van der Waals surface area contributed by atoms with Gasteiger partial charge in [-0.25, -0.2) is 0 Å². The fourth-order valence-corrected chi connectivity index (χ4v) is 2.38. The molecule has 2 unspecified atom stereocenters. The summed E-state index contributed by atoms with van der Waals surface area (Å²) in [4.78, 5) is 12.1. The molecule has 1 heterocycles. The van der Waals surface area contributed by atoms with Crippen molar-refractivity contribution in [2.75, 3.05) is 33.0 Å². The smallest absolute Gasteiger partial charge is 0.326 e. The van der Waals surface area contributed by atoms with Gasteiger partial charge in [-0.3, -0.25) is 4.79 Å². The molecular formula is C16H31NO4. The molecule has 5 nitrogen and oxygen atoms in total. The van der Waals surface area contributed by atoms with Crippen LogP contribution in [0.25, 0.3) is 0 Å². The van der Waals surface area contributed by atoms with Gasteiger partial charge < -0.3 is 19.5 Å². The summed E-state index contributed by atoms with van der Waals surface area (Å²) in [6.07, 6.45) is 5.25.